The smallest absolute Gasteiger partial charge is 0.320 e. The highest BCUT2D eigenvalue weighted by atomic mass is 35.5. The molecule has 0 radical (unpaired) electrons. The van der Waals surface area contributed by atoms with E-state index in [-0.39, 0.29) is 24.4 Å². The Bertz CT molecular complexity index is 346. The van der Waals surface area contributed by atoms with Gasteiger partial charge in [-0.1, -0.05) is 19.3 Å². The van der Waals surface area contributed by atoms with Crippen molar-refractivity contribution >= 4 is 24.3 Å². The molecule has 21 heavy (non-hydrogen) atoms. The van der Waals surface area contributed by atoms with Gasteiger partial charge < -0.3 is 10.4 Å². The second-order valence-corrected chi connectivity index (χ2v) is 6.09. The van der Waals surface area contributed by atoms with Gasteiger partial charge in [-0.15, -0.1) is 12.4 Å². The van der Waals surface area contributed by atoms with Crippen molar-refractivity contribution in [3.63, 3.8) is 0 Å². The second-order valence-electron chi connectivity index (χ2n) is 6.09. The van der Waals surface area contributed by atoms with E-state index in [0.29, 0.717) is 25.3 Å². The minimum Gasteiger partial charge on any atom is -0.480 e. The zero-order valence-corrected chi connectivity index (χ0v) is 13.4. The Hall–Kier alpha value is -0.810. The van der Waals surface area contributed by atoms with Gasteiger partial charge in [0, 0.05) is 19.5 Å². The highest BCUT2D eigenvalue weighted by Crippen LogP contribution is 2.22. The topological polar surface area (TPSA) is 69.6 Å². The summed E-state index contributed by atoms with van der Waals surface area (Å²) in [4.78, 5) is 24.8. The molecule has 2 fully saturated rings. The standard InChI is InChI=1S/C15H26N2O3.ClH/c18-14(16-11-12-5-2-1-3-6-12)8-10-17-9-4-7-13(17)15(19)20;/h12-13H,1-11H2,(H,16,18)(H,19,20);1H. The lowest BCUT2D eigenvalue weighted by Crippen LogP contribution is -2.39. The number of hydrogen-bond donors (Lipinski definition) is 2. The van der Waals surface area contributed by atoms with Crippen LogP contribution in [-0.4, -0.2) is 47.6 Å². The molecule has 5 nitrogen and oxygen atoms in total. The van der Waals surface area contributed by atoms with E-state index in [1.807, 2.05) is 4.90 Å². The second kappa shape index (κ2) is 9.26. The average molecular weight is 319 g/mol. The van der Waals surface area contributed by atoms with E-state index in [0.717, 1.165) is 19.5 Å². The van der Waals surface area contributed by atoms with E-state index < -0.39 is 5.97 Å². The molecule has 1 saturated carbocycles. The number of hydrogen-bond acceptors (Lipinski definition) is 3. The average Bonchev–Trinajstić information content (AvgIpc) is 2.92. The van der Waals surface area contributed by atoms with Crippen LogP contribution < -0.4 is 5.32 Å². The maximum Gasteiger partial charge on any atom is 0.320 e. The van der Waals surface area contributed by atoms with Crippen LogP contribution in [0.3, 0.4) is 0 Å². The van der Waals surface area contributed by atoms with E-state index in [1.54, 1.807) is 0 Å². The fraction of sp³-hybridized carbons (Fsp3) is 0.867. The summed E-state index contributed by atoms with van der Waals surface area (Å²) in [5.41, 5.74) is 0. The predicted molar refractivity (Wildman–Crippen MR) is 83.7 cm³/mol. The van der Waals surface area contributed by atoms with Crippen LogP contribution in [0, 0.1) is 5.92 Å². The van der Waals surface area contributed by atoms with Gasteiger partial charge in [-0.05, 0) is 38.1 Å². The number of carbonyl (C=O) groups excluding carboxylic acids is 1. The van der Waals surface area contributed by atoms with Crippen LogP contribution >= 0.6 is 12.4 Å². The first kappa shape index (κ1) is 18.2. The molecule has 122 valence electrons. The molecule has 1 saturated heterocycles. The monoisotopic (exact) mass is 318 g/mol. The molecule has 6 heteroatoms. The third kappa shape index (κ3) is 5.83. The van der Waals surface area contributed by atoms with Crippen LogP contribution in [0.1, 0.15) is 51.4 Å². The Morgan fingerprint density at radius 1 is 1.10 bits per heavy atom. The van der Waals surface area contributed by atoms with Crippen molar-refractivity contribution in [2.45, 2.75) is 57.4 Å². The van der Waals surface area contributed by atoms with Gasteiger partial charge in [0.1, 0.15) is 6.04 Å². The Balaban J connectivity index is 0.00000220. The van der Waals surface area contributed by atoms with Gasteiger partial charge in [-0.2, -0.15) is 0 Å². The lowest BCUT2D eigenvalue weighted by atomic mass is 9.89. The van der Waals surface area contributed by atoms with Crippen LogP contribution in [0.4, 0.5) is 0 Å². The van der Waals surface area contributed by atoms with Crippen LogP contribution in [0.2, 0.25) is 0 Å². The third-order valence-electron chi connectivity index (χ3n) is 4.59. The third-order valence-corrected chi connectivity index (χ3v) is 4.59. The Labute approximate surface area is 132 Å². The van der Waals surface area contributed by atoms with E-state index in [1.165, 1.54) is 32.1 Å². The van der Waals surface area contributed by atoms with Crippen LogP contribution in [-0.2, 0) is 9.59 Å². The molecule has 1 amide bonds. The molecule has 0 aromatic rings. The predicted octanol–water partition coefficient (Wildman–Crippen LogP) is 2.04. The number of nitrogens with zero attached hydrogens (tertiary/aromatic N) is 1. The number of rotatable bonds is 6. The number of carboxylic acid groups (broad SMARTS) is 1. The minimum absolute atomic E-state index is 0. The van der Waals surface area contributed by atoms with Gasteiger partial charge in [-0.3, -0.25) is 14.5 Å². The largest absolute Gasteiger partial charge is 0.480 e. The summed E-state index contributed by atoms with van der Waals surface area (Å²) in [7, 11) is 0. The molecule has 0 spiro atoms. The van der Waals surface area contributed by atoms with E-state index in [9.17, 15) is 9.59 Å². The fourth-order valence-corrected chi connectivity index (χ4v) is 3.36. The van der Waals surface area contributed by atoms with Crippen LogP contribution in [0.5, 0.6) is 0 Å². The minimum atomic E-state index is -0.759. The summed E-state index contributed by atoms with van der Waals surface area (Å²) in [6.07, 6.45) is 8.40. The summed E-state index contributed by atoms with van der Waals surface area (Å²) in [5, 5.41) is 12.1. The SMILES string of the molecule is Cl.O=C(CCN1CCCC1C(=O)O)NCC1CCCCC1. The number of amides is 1. The van der Waals surface area contributed by atoms with Crippen molar-refractivity contribution in [3.8, 4) is 0 Å². The molecule has 0 aromatic carbocycles. The number of carboxylic acids is 1. The zero-order chi connectivity index (χ0) is 14.4. The lowest BCUT2D eigenvalue weighted by Gasteiger charge is -2.23. The summed E-state index contributed by atoms with van der Waals surface area (Å²) in [6, 6.07) is -0.388. The Morgan fingerprint density at radius 3 is 2.48 bits per heavy atom. The van der Waals surface area contributed by atoms with Crippen molar-refractivity contribution in [2.24, 2.45) is 5.92 Å². The molecule has 2 aliphatic rings. The normalized spacial score (nSPS) is 23.5. The maximum absolute atomic E-state index is 11.8. The number of likely N-dealkylation sites (tertiary alicyclic amines) is 1. The van der Waals surface area contributed by atoms with Gasteiger partial charge in [0.05, 0.1) is 0 Å². The quantitative estimate of drug-likeness (QED) is 0.786. The van der Waals surface area contributed by atoms with Crippen LogP contribution in [0.25, 0.3) is 0 Å². The summed E-state index contributed by atoms with van der Waals surface area (Å²) in [5.74, 6) is -0.0528. The van der Waals surface area contributed by atoms with E-state index in [2.05, 4.69) is 5.32 Å². The molecule has 1 unspecified atom stereocenters. The molecule has 2 N–H and O–H groups in total. The first-order valence-corrected chi connectivity index (χ1v) is 7.90. The van der Waals surface area contributed by atoms with E-state index >= 15 is 0 Å². The molecule has 0 bridgehead atoms. The van der Waals surface area contributed by atoms with Gasteiger partial charge in [0.25, 0.3) is 0 Å². The molecular formula is C15H27ClN2O3. The van der Waals surface area contributed by atoms with Crippen molar-refractivity contribution < 1.29 is 14.7 Å². The lowest BCUT2D eigenvalue weighted by molar-refractivity contribution is -0.142. The fourth-order valence-electron chi connectivity index (χ4n) is 3.36. The van der Waals surface area contributed by atoms with Gasteiger partial charge in [0.2, 0.25) is 5.91 Å². The van der Waals surface area contributed by atoms with Crippen molar-refractivity contribution in [3.05, 3.63) is 0 Å². The molecule has 1 aliphatic carbocycles. The first-order valence-electron chi connectivity index (χ1n) is 7.90. The highest BCUT2D eigenvalue weighted by Gasteiger charge is 2.30. The Kier molecular flexibility index (Phi) is 8.04. The number of nitrogens with one attached hydrogen (secondary N) is 1. The summed E-state index contributed by atoms with van der Waals surface area (Å²) >= 11 is 0. The van der Waals surface area contributed by atoms with Gasteiger partial charge >= 0.3 is 5.97 Å². The van der Waals surface area contributed by atoms with Crippen molar-refractivity contribution in [2.75, 3.05) is 19.6 Å². The Morgan fingerprint density at radius 2 is 1.81 bits per heavy atom. The molecule has 1 heterocycles. The summed E-state index contributed by atoms with van der Waals surface area (Å²) in [6.45, 7) is 2.15. The van der Waals surface area contributed by atoms with Crippen molar-refractivity contribution in [1.29, 1.82) is 0 Å². The van der Waals surface area contributed by atoms with E-state index in [4.69, 9.17) is 5.11 Å². The maximum atomic E-state index is 11.8. The molecule has 2 rings (SSSR count). The first-order chi connectivity index (χ1) is 9.66. The van der Waals surface area contributed by atoms with Gasteiger partial charge in [-0.25, -0.2) is 0 Å². The highest BCUT2D eigenvalue weighted by molar-refractivity contribution is 5.85. The molecule has 1 atom stereocenters. The number of halogens is 1. The van der Waals surface area contributed by atoms with Gasteiger partial charge in [0.15, 0.2) is 0 Å². The van der Waals surface area contributed by atoms with Crippen LogP contribution in [0.15, 0.2) is 0 Å². The molecular weight excluding hydrogens is 292 g/mol. The summed E-state index contributed by atoms with van der Waals surface area (Å²) < 4.78 is 0. The zero-order valence-electron chi connectivity index (χ0n) is 12.6. The molecule has 0 aromatic heterocycles. The molecule has 1 aliphatic heterocycles. The number of carbonyl (C=O) groups is 2. The van der Waals surface area contributed by atoms with Crippen molar-refractivity contribution in [1.82, 2.24) is 10.2 Å². The number of aliphatic carboxylic acids is 1.